The fourth-order valence-corrected chi connectivity index (χ4v) is 5.73. The highest BCUT2D eigenvalue weighted by atomic mass is 35.5. The Balaban J connectivity index is 1.09. The number of carbonyl (C=O) groups is 2. The third-order valence-electron chi connectivity index (χ3n) is 7.84. The first-order valence-electron chi connectivity index (χ1n) is 13.7. The van der Waals surface area contributed by atoms with E-state index in [2.05, 4.69) is 27.3 Å². The maximum atomic E-state index is 12.9. The Morgan fingerprint density at radius 3 is 2.38 bits per heavy atom. The number of amides is 2. The van der Waals surface area contributed by atoms with Crippen LogP contribution in [0.15, 0.2) is 66.9 Å². The van der Waals surface area contributed by atoms with Crippen molar-refractivity contribution in [2.75, 3.05) is 37.0 Å². The van der Waals surface area contributed by atoms with Crippen LogP contribution in [-0.2, 0) is 4.79 Å². The molecule has 39 heavy (non-hydrogen) atoms. The van der Waals surface area contributed by atoms with Gasteiger partial charge in [-0.15, -0.1) is 0 Å². The minimum absolute atomic E-state index is 0.0384. The van der Waals surface area contributed by atoms with Crippen LogP contribution in [0.2, 0.25) is 5.02 Å². The summed E-state index contributed by atoms with van der Waals surface area (Å²) in [5.41, 5.74) is 2.66. The van der Waals surface area contributed by atoms with E-state index in [9.17, 15) is 9.59 Å². The lowest BCUT2D eigenvalue weighted by Crippen LogP contribution is -2.39. The molecule has 3 aromatic rings. The minimum atomic E-state index is -0.205. The largest absolute Gasteiger partial charge is 0.484 e. The molecule has 1 aromatic heterocycles. The average Bonchev–Trinajstić information content (AvgIpc) is 3.51. The number of rotatable bonds is 8. The van der Waals surface area contributed by atoms with Gasteiger partial charge < -0.3 is 19.9 Å². The van der Waals surface area contributed by atoms with Crippen molar-refractivity contribution in [2.24, 2.45) is 0 Å². The molecule has 5 rings (SSSR count). The van der Waals surface area contributed by atoms with Crippen molar-refractivity contribution in [3.63, 3.8) is 0 Å². The van der Waals surface area contributed by atoms with E-state index in [4.69, 9.17) is 16.3 Å². The van der Waals surface area contributed by atoms with E-state index in [1.165, 1.54) is 5.56 Å². The summed E-state index contributed by atoms with van der Waals surface area (Å²) >= 11 is 5.96. The smallest absolute Gasteiger partial charge is 0.262 e. The Morgan fingerprint density at radius 1 is 1.00 bits per heavy atom. The normalized spacial score (nSPS) is 19.0. The molecule has 0 spiro atoms. The van der Waals surface area contributed by atoms with Gasteiger partial charge in [0.2, 0.25) is 0 Å². The van der Waals surface area contributed by atoms with Crippen LogP contribution in [0.5, 0.6) is 5.75 Å². The molecule has 1 aliphatic carbocycles. The Morgan fingerprint density at radius 2 is 1.69 bits per heavy atom. The number of nitrogens with zero attached hydrogens (tertiary/aromatic N) is 3. The molecular weight excluding hydrogens is 512 g/mol. The number of carbonyl (C=O) groups excluding carboxylic acids is 2. The fraction of sp³-hybridized carbons (Fsp3) is 0.387. The second-order valence-electron chi connectivity index (χ2n) is 10.4. The van der Waals surface area contributed by atoms with Gasteiger partial charge in [0.1, 0.15) is 5.75 Å². The monoisotopic (exact) mass is 546 g/mol. The van der Waals surface area contributed by atoms with E-state index in [0.717, 1.165) is 63.1 Å². The molecule has 2 fully saturated rings. The predicted octanol–water partition coefficient (Wildman–Crippen LogP) is 6.15. The molecule has 1 N–H and O–H groups in total. The summed E-state index contributed by atoms with van der Waals surface area (Å²) in [4.78, 5) is 34.0. The summed E-state index contributed by atoms with van der Waals surface area (Å²) in [5.74, 6) is 1.77. The molecule has 1 saturated heterocycles. The van der Waals surface area contributed by atoms with Crippen LogP contribution in [0.25, 0.3) is 0 Å². The highest BCUT2D eigenvalue weighted by Crippen LogP contribution is 2.35. The van der Waals surface area contributed by atoms with Crippen molar-refractivity contribution in [2.45, 2.75) is 50.5 Å². The van der Waals surface area contributed by atoms with Gasteiger partial charge in [0.25, 0.3) is 11.8 Å². The predicted molar refractivity (Wildman–Crippen MR) is 155 cm³/mol. The first-order valence-corrected chi connectivity index (χ1v) is 14.1. The molecule has 1 saturated carbocycles. The Labute approximate surface area is 235 Å². The number of halogens is 1. The van der Waals surface area contributed by atoms with Gasteiger partial charge in [-0.05, 0) is 98.5 Å². The van der Waals surface area contributed by atoms with E-state index in [0.29, 0.717) is 22.3 Å². The summed E-state index contributed by atoms with van der Waals surface area (Å²) in [7, 11) is 1.89. The number of hydrogen-bond acceptors (Lipinski definition) is 5. The summed E-state index contributed by atoms with van der Waals surface area (Å²) < 4.78 is 5.77. The van der Waals surface area contributed by atoms with Crippen LogP contribution in [0.1, 0.15) is 60.4 Å². The number of hydrogen-bond donors (Lipinski definition) is 1. The molecule has 2 heterocycles. The van der Waals surface area contributed by atoms with Crippen molar-refractivity contribution in [1.82, 2.24) is 9.88 Å². The zero-order valence-corrected chi connectivity index (χ0v) is 23.1. The standard InChI is InChI=1S/C31H35ClN4O3/c1-35(31(38)24-6-12-25(32)13-7-24)26-14-8-22(9-15-26)23-10-16-27(17-11-23)39-21-29(37)34-28-5-4-18-33-30(28)36-19-2-3-20-36/h4-7,10-13,16-18,22,26H,2-3,8-9,14-15,19-21H2,1H3,(H,34,37). The van der Waals surface area contributed by atoms with Gasteiger partial charge in [-0.2, -0.15) is 0 Å². The van der Waals surface area contributed by atoms with Gasteiger partial charge in [0, 0.05) is 43.0 Å². The van der Waals surface area contributed by atoms with E-state index in [1.54, 1.807) is 30.5 Å². The molecule has 2 aliphatic rings. The SMILES string of the molecule is CN(C(=O)c1ccc(Cl)cc1)C1CCC(c2ccc(OCC(=O)Nc3cccnc3N3CCCC3)cc2)CC1. The van der Waals surface area contributed by atoms with E-state index >= 15 is 0 Å². The molecule has 0 bridgehead atoms. The molecule has 204 valence electrons. The quantitative estimate of drug-likeness (QED) is 0.367. The van der Waals surface area contributed by atoms with E-state index < -0.39 is 0 Å². The number of ether oxygens (including phenoxy) is 1. The number of anilines is 2. The fourth-order valence-electron chi connectivity index (χ4n) is 5.61. The molecule has 1 aliphatic heterocycles. The van der Waals surface area contributed by atoms with Crippen LogP contribution in [0.4, 0.5) is 11.5 Å². The lowest BCUT2D eigenvalue weighted by molar-refractivity contribution is -0.118. The topological polar surface area (TPSA) is 74.8 Å². The maximum absolute atomic E-state index is 12.9. The van der Waals surface area contributed by atoms with Crippen LogP contribution in [-0.4, -0.2) is 54.5 Å². The second kappa shape index (κ2) is 12.5. The van der Waals surface area contributed by atoms with E-state index in [1.807, 2.05) is 36.2 Å². The van der Waals surface area contributed by atoms with Crippen LogP contribution in [0, 0.1) is 0 Å². The summed E-state index contributed by atoms with van der Waals surface area (Å²) in [6.45, 7) is 1.86. The van der Waals surface area contributed by atoms with Crippen LogP contribution in [0.3, 0.4) is 0 Å². The van der Waals surface area contributed by atoms with E-state index in [-0.39, 0.29) is 24.5 Å². The number of pyridine rings is 1. The number of nitrogens with one attached hydrogen (secondary N) is 1. The summed E-state index contributed by atoms with van der Waals surface area (Å²) in [5, 5.41) is 3.58. The van der Waals surface area contributed by atoms with Crippen LogP contribution >= 0.6 is 11.6 Å². The molecule has 2 amide bonds. The Kier molecular flexibility index (Phi) is 8.67. The summed E-state index contributed by atoms with van der Waals surface area (Å²) in [6.07, 6.45) is 8.02. The van der Waals surface area contributed by atoms with Crippen molar-refractivity contribution in [3.05, 3.63) is 83.0 Å². The van der Waals surface area contributed by atoms with Gasteiger partial charge in [-0.25, -0.2) is 4.98 Å². The third kappa shape index (κ3) is 6.71. The zero-order chi connectivity index (χ0) is 27.2. The summed E-state index contributed by atoms with van der Waals surface area (Å²) in [6, 6.07) is 19.1. The highest BCUT2D eigenvalue weighted by Gasteiger charge is 2.28. The maximum Gasteiger partial charge on any atom is 0.262 e. The second-order valence-corrected chi connectivity index (χ2v) is 10.8. The Bertz CT molecular complexity index is 1270. The number of benzene rings is 2. The minimum Gasteiger partial charge on any atom is -0.484 e. The van der Waals surface area contributed by atoms with Gasteiger partial charge in [0.05, 0.1) is 5.69 Å². The van der Waals surface area contributed by atoms with Crippen molar-refractivity contribution in [3.8, 4) is 5.75 Å². The Hall–Kier alpha value is -3.58. The lowest BCUT2D eigenvalue weighted by Gasteiger charge is -2.35. The van der Waals surface area contributed by atoms with Gasteiger partial charge in [-0.1, -0.05) is 23.7 Å². The highest BCUT2D eigenvalue weighted by molar-refractivity contribution is 6.30. The molecular formula is C31H35ClN4O3. The third-order valence-corrected chi connectivity index (χ3v) is 8.10. The van der Waals surface area contributed by atoms with Crippen molar-refractivity contribution >= 4 is 34.9 Å². The van der Waals surface area contributed by atoms with Gasteiger partial charge >= 0.3 is 0 Å². The molecule has 2 aromatic carbocycles. The first kappa shape index (κ1) is 27.0. The van der Waals surface area contributed by atoms with Crippen molar-refractivity contribution in [1.29, 1.82) is 0 Å². The van der Waals surface area contributed by atoms with Gasteiger partial charge in [-0.3, -0.25) is 9.59 Å². The molecule has 7 nitrogen and oxygen atoms in total. The zero-order valence-electron chi connectivity index (χ0n) is 22.3. The number of aromatic nitrogens is 1. The molecule has 0 radical (unpaired) electrons. The van der Waals surface area contributed by atoms with Crippen LogP contribution < -0.4 is 15.0 Å². The molecule has 0 unspecified atom stereocenters. The average molecular weight is 547 g/mol. The van der Waals surface area contributed by atoms with Gasteiger partial charge in [0.15, 0.2) is 12.4 Å². The molecule has 0 atom stereocenters. The lowest BCUT2D eigenvalue weighted by atomic mass is 9.81. The molecule has 8 heteroatoms. The first-order chi connectivity index (χ1) is 19.0. The van der Waals surface area contributed by atoms with Crippen molar-refractivity contribution < 1.29 is 14.3 Å².